The molecule has 6 heteroatoms. The molecule has 0 aromatic heterocycles. The second-order valence-electron chi connectivity index (χ2n) is 4.61. The van der Waals surface area contributed by atoms with Gasteiger partial charge in [-0.05, 0) is 42.5 Å². The molecule has 1 N–H and O–H groups in total. The summed E-state index contributed by atoms with van der Waals surface area (Å²) in [6.45, 7) is -0.427. The third-order valence-electron chi connectivity index (χ3n) is 3.14. The molecule has 23 heavy (non-hydrogen) atoms. The smallest absolute Gasteiger partial charge is 0.338 e. The van der Waals surface area contributed by atoms with Crippen LogP contribution in [0.3, 0.4) is 0 Å². The summed E-state index contributed by atoms with van der Waals surface area (Å²) in [7, 11) is 2.93. The first-order valence-corrected chi connectivity index (χ1v) is 6.76. The van der Waals surface area contributed by atoms with Crippen molar-refractivity contribution in [2.24, 2.45) is 0 Å². The Bertz CT molecular complexity index is 706. The number of ketones is 1. The third-order valence-corrected chi connectivity index (χ3v) is 3.14. The molecule has 0 unspecified atom stereocenters. The number of Topliss-reactive ketones (excluding diaryl/α,β-unsaturated/α-hetero) is 1. The largest absolute Gasteiger partial charge is 0.508 e. The van der Waals surface area contributed by atoms with Crippen LogP contribution in [0.2, 0.25) is 0 Å². The lowest BCUT2D eigenvalue weighted by Gasteiger charge is -2.10. The Hall–Kier alpha value is -3.02. The van der Waals surface area contributed by atoms with Crippen LogP contribution in [-0.2, 0) is 4.74 Å². The molecule has 120 valence electrons. The van der Waals surface area contributed by atoms with Gasteiger partial charge in [0.1, 0.15) is 17.2 Å². The lowest BCUT2D eigenvalue weighted by atomic mass is 10.1. The summed E-state index contributed by atoms with van der Waals surface area (Å²) in [5, 5.41) is 9.18. The van der Waals surface area contributed by atoms with Gasteiger partial charge in [-0.1, -0.05) is 0 Å². The first-order chi connectivity index (χ1) is 11.0. The zero-order valence-corrected chi connectivity index (χ0v) is 12.7. The second kappa shape index (κ2) is 7.31. The highest BCUT2D eigenvalue weighted by atomic mass is 16.5. The van der Waals surface area contributed by atoms with Crippen molar-refractivity contribution in [2.75, 3.05) is 20.8 Å². The maximum atomic E-state index is 12.2. The van der Waals surface area contributed by atoms with Crippen molar-refractivity contribution in [3.8, 4) is 17.2 Å². The highest BCUT2D eigenvalue weighted by molar-refractivity contribution is 6.01. The molecule has 0 saturated carbocycles. The van der Waals surface area contributed by atoms with Crippen molar-refractivity contribution in [3.63, 3.8) is 0 Å². The molecule has 0 bridgehead atoms. The summed E-state index contributed by atoms with van der Waals surface area (Å²) in [4.78, 5) is 24.1. The SMILES string of the molecule is COc1ccc(OC)c(C(=O)COC(=O)c2ccc(O)cc2)c1. The summed E-state index contributed by atoms with van der Waals surface area (Å²) in [6.07, 6.45) is 0. The number of benzene rings is 2. The maximum Gasteiger partial charge on any atom is 0.338 e. The summed E-state index contributed by atoms with van der Waals surface area (Å²) in [5.41, 5.74) is 0.513. The molecule has 0 radical (unpaired) electrons. The molecule has 2 rings (SSSR count). The van der Waals surface area contributed by atoms with E-state index in [4.69, 9.17) is 14.2 Å². The van der Waals surface area contributed by atoms with Crippen LogP contribution in [0.25, 0.3) is 0 Å². The minimum atomic E-state index is -0.653. The summed E-state index contributed by atoms with van der Waals surface area (Å²) >= 11 is 0. The molecular weight excluding hydrogens is 300 g/mol. The number of aromatic hydroxyl groups is 1. The number of esters is 1. The number of carbonyl (C=O) groups excluding carboxylic acids is 2. The number of methoxy groups -OCH3 is 2. The van der Waals surface area contributed by atoms with Gasteiger partial charge in [-0.25, -0.2) is 4.79 Å². The van der Waals surface area contributed by atoms with Crippen LogP contribution >= 0.6 is 0 Å². The minimum Gasteiger partial charge on any atom is -0.508 e. The first kappa shape index (κ1) is 16.4. The fourth-order valence-electron chi connectivity index (χ4n) is 1.92. The molecule has 0 atom stereocenters. The molecule has 0 aliphatic heterocycles. The zero-order chi connectivity index (χ0) is 16.8. The van der Waals surface area contributed by atoms with Crippen LogP contribution in [0.15, 0.2) is 42.5 Å². The normalized spacial score (nSPS) is 10.0. The van der Waals surface area contributed by atoms with Gasteiger partial charge in [-0.3, -0.25) is 4.79 Å². The van der Waals surface area contributed by atoms with E-state index in [9.17, 15) is 14.7 Å². The topological polar surface area (TPSA) is 82.1 Å². The van der Waals surface area contributed by atoms with Crippen LogP contribution in [0.1, 0.15) is 20.7 Å². The maximum absolute atomic E-state index is 12.2. The van der Waals surface area contributed by atoms with E-state index in [2.05, 4.69) is 0 Å². The monoisotopic (exact) mass is 316 g/mol. The Morgan fingerprint density at radius 2 is 1.70 bits per heavy atom. The van der Waals surface area contributed by atoms with Gasteiger partial charge in [0, 0.05) is 0 Å². The van der Waals surface area contributed by atoms with Crippen molar-refractivity contribution in [1.82, 2.24) is 0 Å². The van der Waals surface area contributed by atoms with E-state index in [1.54, 1.807) is 12.1 Å². The van der Waals surface area contributed by atoms with Crippen LogP contribution in [0.5, 0.6) is 17.2 Å². The quantitative estimate of drug-likeness (QED) is 0.651. The number of hydrogen-bond acceptors (Lipinski definition) is 6. The van der Waals surface area contributed by atoms with Gasteiger partial charge >= 0.3 is 5.97 Å². The van der Waals surface area contributed by atoms with E-state index < -0.39 is 18.4 Å². The number of phenols is 1. The summed E-state index contributed by atoms with van der Waals surface area (Å²) < 4.78 is 15.2. The van der Waals surface area contributed by atoms with Gasteiger partial charge in [0.05, 0.1) is 25.3 Å². The molecule has 0 fully saturated rings. The zero-order valence-electron chi connectivity index (χ0n) is 12.7. The van der Waals surface area contributed by atoms with E-state index in [0.717, 1.165) is 0 Å². The van der Waals surface area contributed by atoms with Gasteiger partial charge in [-0.15, -0.1) is 0 Å². The molecule has 0 amide bonds. The van der Waals surface area contributed by atoms with E-state index in [0.29, 0.717) is 11.5 Å². The van der Waals surface area contributed by atoms with Gasteiger partial charge in [0.2, 0.25) is 5.78 Å². The Morgan fingerprint density at radius 1 is 1.00 bits per heavy atom. The Balaban J connectivity index is 2.07. The molecular formula is C17H16O6. The Kier molecular flexibility index (Phi) is 5.19. The second-order valence-corrected chi connectivity index (χ2v) is 4.61. The van der Waals surface area contributed by atoms with Gasteiger partial charge in [0.25, 0.3) is 0 Å². The number of carbonyl (C=O) groups is 2. The third kappa shape index (κ3) is 4.00. The van der Waals surface area contributed by atoms with Crippen LogP contribution in [0.4, 0.5) is 0 Å². The predicted molar refractivity (Wildman–Crippen MR) is 82.3 cm³/mol. The molecule has 2 aromatic rings. The first-order valence-electron chi connectivity index (χ1n) is 6.76. The van der Waals surface area contributed by atoms with Gasteiger partial charge < -0.3 is 19.3 Å². The van der Waals surface area contributed by atoms with E-state index in [-0.39, 0.29) is 16.9 Å². The molecule has 0 heterocycles. The van der Waals surface area contributed by atoms with Crippen molar-refractivity contribution < 1.29 is 28.9 Å². The van der Waals surface area contributed by atoms with E-state index >= 15 is 0 Å². The van der Waals surface area contributed by atoms with Crippen molar-refractivity contribution in [1.29, 1.82) is 0 Å². The number of phenolic OH excluding ortho intramolecular Hbond substituents is 1. The number of rotatable bonds is 6. The molecule has 2 aromatic carbocycles. The summed E-state index contributed by atoms with van der Waals surface area (Å²) in [5.74, 6) is -0.151. The van der Waals surface area contributed by atoms with Crippen LogP contribution in [-0.4, -0.2) is 37.7 Å². The predicted octanol–water partition coefficient (Wildman–Crippen LogP) is 2.45. The lowest BCUT2D eigenvalue weighted by Crippen LogP contribution is -2.15. The highest BCUT2D eigenvalue weighted by Crippen LogP contribution is 2.24. The molecule has 0 aliphatic rings. The Morgan fingerprint density at radius 3 is 2.30 bits per heavy atom. The standard InChI is InChI=1S/C17H16O6/c1-21-13-7-8-16(22-2)14(9-13)15(19)10-23-17(20)11-3-5-12(18)6-4-11/h3-9,18H,10H2,1-2H3. The average Bonchev–Trinajstić information content (AvgIpc) is 2.59. The van der Waals surface area contributed by atoms with Crippen LogP contribution < -0.4 is 9.47 Å². The van der Waals surface area contributed by atoms with Crippen molar-refractivity contribution in [2.45, 2.75) is 0 Å². The fraction of sp³-hybridized carbons (Fsp3) is 0.176. The fourth-order valence-corrected chi connectivity index (χ4v) is 1.92. The molecule has 6 nitrogen and oxygen atoms in total. The van der Waals surface area contributed by atoms with Crippen molar-refractivity contribution >= 4 is 11.8 Å². The molecule has 0 aliphatic carbocycles. The number of ether oxygens (including phenoxy) is 3. The Labute approximate surface area is 133 Å². The molecule has 0 spiro atoms. The van der Waals surface area contributed by atoms with Crippen molar-refractivity contribution in [3.05, 3.63) is 53.6 Å². The van der Waals surface area contributed by atoms with E-state index in [1.807, 2.05) is 0 Å². The highest BCUT2D eigenvalue weighted by Gasteiger charge is 2.16. The van der Waals surface area contributed by atoms with Gasteiger partial charge in [-0.2, -0.15) is 0 Å². The molecule has 0 saturated heterocycles. The van der Waals surface area contributed by atoms with Crippen LogP contribution in [0, 0.1) is 0 Å². The van der Waals surface area contributed by atoms with Gasteiger partial charge in [0.15, 0.2) is 6.61 Å². The number of hydrogen-bond donors (Lipinski definition) is 1. The lowest BCUT2D eigenvalue weighted by molar-refractivity contribution is 0.0474. The minimum absolute atomic E-state index is 0.0405. The average molecular weight is 316 g/mol. The summed E-state index contributed by atoms with van der Waals surface area (Å²) in [6, 6.07) is 10.3. The van der Waals surface area contributed by atoms with E-state index in [1.165, 1.54) is 44.6 Å².